The first-order valence-electron chi connectivity index (χ1n) is 3.06. The minimum atomic E-state index is -0.568. The molecule has 0 aliphatic rings. The standard InChI is InChI=1S/C8H12O/c1-3-5-6-7-8(9)4-2/h2-3,5,8-9H,6-7H2,1H3/b5-3+. The molecule has 0 fully saturated rings. The second-order valence-electron chi connectivity index (χ2n) is 1.83. The van der Waals surface area contributed by atoms with Crippen molar-refractivity contribution in [3.63, 3.8) is 0 Å². The number of aliphatic hydroxyl groups is 1. The lowest BCUT2D eigenvalue weighted by molar-refractivity contribution is 0.223. The van der Waals surface area contributed by atoms with Crippen molar-refractivity contribution >= 4 is 0 Å². The van der Waals surface area contributed by atoms with Crippen LogP contribution in [0.3, 0.4) is 0 Å². The molecule has 0 aromatic rings. The SMILES string of the molecule is C#CC(O)CC/C=C/C. The van der Waals surface area contributed by atoms with E-state index >= 15 is 0 Å². The highest BCUT2D eigenvalue weighted by Crippen LogP contribution is 1.95. The molecule has 0 saturated carbocycles. The van der Waals surface area contributed by atoms with Crippen LogP contribution in [-0.4, -0.2) is 11.2 Å². The number of allylic oxidation sites excluding steroid dienone is 2. The Kier molecular flexibility index (Phi) is 4.95. The van der Waals surface area contributed by atoms with E-state index in [1.54, 1.807) is 0 Å². The van der Waals surface area contributed by atoms with E-state index in [1.807, 2.05) is 19.1 Å². The number of aliphatic hydroxyl groups excluding tert-OH is 1. The van der Waals surface area contributed by atoms with E-state index in [4.69, 9.17) is 11.5 Å². The van der Waals surface area contributed by atoms with Gasteiger partial charge in [-0.3, -0.25) is 0 Å². The van der Waals surface area contributed by atoms with E-state index < -0.39 is 6.10 Å². The molecule has 0 amide bonds. The smallest absolute Gasteiger partial charge is 0.114 e. The predicted octanol–water partition coefficient (Wildman–Crippen LogP) is 1.34. The van der Waals surface area contributed by atoms with Crippen molar-refractivity contribution < 1.29 is 5.11 Å². The van der Waals surface area contributed by atoms with Gasteiger partial charge in [-0.2, -0.15) is 0 Å². The van der Waals surface area contributed by atoms with E-state index in [2.05, 4.69) is 5.92 Å². The van der Waals surface area contributed by atoms with Crippen LogP contribution in [0, 0.1) is 12.3 Å². The van der Waals surface area contributed by atoms with Crippen molar-refractivity contribution in [3.8, 4) is 12.3 Å². The predicted molar refractivity (Wildman–Crippen MR) is 38.9 cm³/mol. The van der Waals surface area contributed by atoms with Gasteiger partial charge >= 0.3 is 0 Å². The van der Waals surface area contributed by atoms with E-state index in [-0.39, 0.29) is 0 Å². The molecule has 0 radical (unpaired) electrons. The summed E-state index contributed by atoms with van der Waals surface area (Å²) < 4.78 is 0. The fourth-order valence-corrected chi connectivity index (χ4v) is 0.504. The summed E-state index contributed by atoms with van der Waals surface area (Å²) in [5, 5.41) is 8.81. The highest BCUT2D eigenvalue weighted by Gasteiger charge is 1.93. The van der Waals surface area contributed by atoms with Crippen LogP contribution in [0.5, 0.6) is 0 Å². The molecule has 1 N–H and O–H groups in total. The Morgan fingerprint density at radius 2 is 2.44 bits per heavy atom. The maximum Gasteiger partial charge on any atom is 0.114 e. The number of hydrogen-bond donors (Lipinski definition) is 1. The zero-order chi connectivity index (χ0) is 7.11. The van der Waals surface area contributed by atoms with E-state index in [9.17, 15) is 0 Å². The Morgan fingerprint density at radius 1 is 1.78 bits per heavy atom. The molecule has 50 valence electrons. The van der Waals surface area contributed by atoms with Gasteiger partial charge in [-0.15, -0.1) is 6.42 Å². The normalized spacial score (nSPS) is 13.4. The molecule has 0 bridgehead atoms. The third-order valence-electron chi connectivity index (χ3n) is 1.03. The molecule has 0 spiro atoms. The topological polar surface area (TPSA) is 20.2 Å². The summed E-state index contributed by atoms with van der Waals surface area (Å²) in [6, 6.07) is 0. The Labute approximate surface area is 56.4 Å². The molecule has 0 aromatic heterocycles. The fourth-order valence-electron chi connectivity index (χ4n) is 0.504. The van der Waals surface area contributed by atoms with Crippen molar-refractivity contribution in [3.05, 3.63) is 12.2 Å². The lowest BCUT2D eigenvalue weighted by Gasteiger charge is -1.96. The lowest BCUT2D eigenvalue weighted by Crippen LogP contribution is -2.00. The average molecular weight is 124 g/mol. The van der Waals surface area contributed by atoms with Crippen LogP contribution in [0.15, 0.2) is 12.2 Å². The minimum absolute atomic E-state index is 0.568. The van der Waals surface area contributed by atoms with Gasteiger partial charge in [0.1, 0.15) is 6.10 Å². The second kappa shape index (κ2) is 5.40. The van der Waals surface area contributed by atoms with Gasteiger partial charge < -0.3 is 5.11 Å². The third-order valence-corrected chi connectivity index (χ3v) is 1.03. The highest BCUT2D eigenvalue weighted by atomic mass is 16.3. The van der Waals surface area contributed by atoms with Gasteiger partial charge in [0.05, 0.1) is 0 Å². The number of hydrogen-bond acceptors (Lipinski definition) is 1. The van der Waals surface area contributed by atoms with Gasteiger partial charge in [0, 0.05) is 0 Å². The summed E-state index contributed by atoms with van der Waals surface area (Å²) in [5.74, 6) is 2.25. The van der Waals surface area contributed by atoms with E-state index in [1.165, 1.54) is 0 Å². The molecule has 0 rings (SSSR count). The zero-order valence-corrected chi connectivity index (χ0v) is 5.67. The van der Waals surface area contributed by atoms with Crippen LogP contribution >= 0.6 is 0 Å². The van der Waals surface area contributed by atoms with Crippen molar-refractivity contribution in [1.82, 2.24) is 0 Å². The summed E-state index contributed by atoms with van der Waals surface area (Å²) in [4.78, 5) is 0. The van der Waals surface area contributed by atoms with Crippen molar-refractivity contribution in [2.75, 3.05) is 0 Å². The van der Waals surface area contributed by atoms with Gasteiger partial charge in [0.2, 0.25) is 0 Å². The van der Waals surface area contributed by atoms with E-state index in [0.29, 0.717) is 6.42 Å². The van der Waals surface area contributed by atoms with Crippen LogP contribution in [0.2, 0.25) is 0 Å². The molecule has 0 aliphatic carbocycles. The van der Waals surface area contributed by atoms with Gasteiger partial charge in [-0.25, -0.2) is 0 Å². The molecule has 0 heterocycles. The second-order valence-corrected chi connectivity index (χ2v) is 1.83. The van der Waals surface area contributed by atoms with Gasteiger partial charge in [-0.05, 0) is 19.8 Å². The molecule has 1 heteroatoms. The van der Waals surface area contributed by atoms with Crippen molar-refractivity contribution in [1.29, 1.82) is 0 Å². The molecule has 0 aromatic carbocycles. The fraction of sp³-hybridized carbons (Fsp3) is 0.500. The molecule has 9 heavy (non-hydrogen) atoms. The summed E-state index contributed by atoms with van der Waals surface area (Å²) in [5.41, 5.74) is 0. The average Bonchev–Trinajstić information content (AvgIpc) is 1.89. The molecule has 1 nitrogen and oxygen atoms in total. The first-order chi connectivity index (χ1) is 4.31. The maximum atomic E-state index is 8.81. The molecule has 0 saturated heterocycles. The first-order valence-corrected chi connectivity index (χ1v) is 3.06. The molecular weight excluding hydrogens is 112 g/mol. The maximum absolute atomic E-state index is 8.81. The van der Waals surface area contributed by atoms with Gasteiger partial charge in [-0.1, -0.05) is 18.1 Å². The Balaban J connectivity index is 3.19. The quantitative estimate of drug-likeness (QED) is 0.444. The van der Waals surface area contributed by atoms with Crippen LogP contribution in [0.25, 0.3) is 0 Å². The monoisotopic (exact) mass is 124 g/mol. The van der Waals surface area contributed by atoms with Crippen LogP contribution in [0.1, 0.15) is 19.8 Å². The number of terminal acetylenes is 1. The Bertz CT molecular complexity index is 119. The number of rotatable bonds is 3. The van der Waals surface area contributed by atoms with Crippen LogP contribution in [0.4, 0.5) is 0 Å². The lowest BCUT2D eigenvalue weighted by atomic mass is 10.2. The Hall–Kier alpha value is -0.740. The summed E-state index contributed by atoms with van der Waals surface area (Å²) in [6.45, 7) is 1.95. The van der Waals surface area contributed by atoms with Crippen LogP contribution < -0.4 is 0 Å². The Morgan fingerprint density at radius 3 is 2.89 bits per heavy atom. The summed E-state index contributed by atoms with van der Waals surface area (Å²) >= 11 is 0. The van der Waals surface area contributed by atoms with Gasteiger partial charge in [0.25, 0.3) is 0 Å². The largest absolute Gasteiger partial charge is 0.380 e. The zero-order valence-electron chi connectivity index (χ0n) is 5.67. The molecule has 1 unspecified atom stereocenters. The molecular formula is C8H12O. The highest BCUT2D eigenvalue weighted by molar-refractivity contribution is 4.94. The summed E-state index contributed by atoms with van der Waals surface area (Å²) in [7, 11) is 0. The summed E-state index contributed by atoms with van der Waals surface area (Å²) in [6.07, 6.45) is 9.83. The third kappa shape index (κ3) is 5.13. The minimum Gasteiger partial charge on any atom is -0.380 e. The first kappa shape index (κ1) is 8.26. The van der Waals surface area contributed by atoms with E-state index in [0.717, 1.165) is 6.42 Å². The molecule has 1 atom stereocenters. The van der Waals surface area contributed by atoms with Gasteiger partial charge in [0.15, 0.2) is 0 Å². The van der Waals surface area contributed by atoms with Crippen LogP contribution in [-0.2, 0) is 0 Å². The van der Waals surface area contributed by atoms with Crippen molar-refractivity contribution in [2.45, 2.75) is 25.9 Å². The van der Waals surface area contributed by atoms with Crippen molar-refractivity contribution in [2.24, 2.45) is 0 Å². The molecule has 0 aliphatic heterocycles.